The summed E-state index contributed by atoms with van der Waals surface area (Å²) in [7, 11) is 0. The van der Waals surface area contributed by atoms with Crippen molar-refractivity contribution in [3.8, 4) is 28.0 Å². The Morgan fingerprint density at radius 3 is 1.35 bits per heavy atom. The number of aromatic carboxylic acids is 4. The first-order valence-electron chi connectivity index (χ1n) is 10.7. The Labute approximate surface area is 210 Å². The van der Waals surface area contributed by atoms with Crippen molar-refractivity contribution in [3.63, 3.8) is 0 Å². The number of carboxylic acids is 4. The third-order valence-electron chi connectivity index (χ3n) is 5.29. The zero-order valence-electron chi connectivity index (χ0n) is 19.0. The number of hydrogen-bond acceptors (Lipinski definition) is 5. The Bertz CT molecular complexity index is 1440. The Morgan fingerprint density at radius 2 is 0.919 bits per heavy atom. The summed E-state index contributed by atoms with van der Waals surface area (Å²) in [5, 5.41) is 46.4. The fourth-order valence-corrected chi connectivity index (χ4v) is 3.56. The molecule has 0 atom stereocenters. The van der Waals surface area contributed by atoms with Gasteiger partial charge in [0, 0.05) is 5.56 Å². The molecule has 0 aromatic heterocycles. The fraction of sp³-hybridized carbons (Fsp3) is 0. The smallest absolute Gasteiger partial charge is 0.340 e. The maximum Gasteiger partial charge on any atom is 0.340 e. The van der Waals surface area contributed by atoms with Gasteiger partial charge in [-0.3, -0.25) is 0 Å². The molecule has 0 radical (unpaired) electrons. The Hall–Kier alpha value is -5.44. The van der Waals surface area contributed by atoms with Crippen molar-refractivity contribution < 1.29 is 44.7 Å². The van der Waals surface area contributed by atoms with Gasteiger partial charge in [-0.1, -0.05) is 66.7 Å². The molecule has 0 saturated heterocycles. The number of rotatable bonds is 6. The van der Waals surface area contributed by atoms with Crippen molar-refractivity contribution in [2.75, 3.05) is 0 Å². The van der Waals surface area contributed by atoms with Gasteiger partial charge in [-0.2, -0.15) is 0 Å². The van der Waals surface area contributed by atoms with E-state index >= 15 is 0 Å². The molecule has 186 valence electrons. The van der Waals surface area contributed by atoms with Crippen molar-refractivity contribution in [2.45, 2.75) is 0 Å². The largest absolute Gasteiger partial charge is 0.506 e. The van der Waals surface area contributed by atoms with Crippen molar-refractivity contribution >= 4 is 23.9 Å². The minimum atomic E-state index is -1.68. The van der Waals surface area contributed by atoms with Gasteiger partial charge in [0.1, 0.15) is 11.3 Å². The lowest BCUT2D eigenvalue weighted by atomic mass is 9.94. The zero-order valence-corrected chi connectivity index (χ0v) is 19.0. The van der Waals surface area contributed by atoms with Crippen LogP contribution in [0.15, 0.2) is 91.0 Å². The van der Waals surface area contributed by atoms with Crippen molar-refractivity contribution in [2.24, 2.45) is 0 Å². The molecular formula is C28H20O9. The van der Waals surface area contributed by atoms with Gasteiger partial charge < -0.3 is 25.5 Å². The standard InChI is InChI=1S/C16H10O9.C12H10/c17-12-7(3-4-9(14(20)21)11(12)16(24)25)6-1-2-8(13(18)19)10(5-6)15(22)23;1-3-7-11(8-4-1)12-9-5-2-6-10-12/h1-5,17H,(H,18,19)(H,20,21)(H,22,23)(H,24,25);1-10H. The molecule has 0 saturated carbocycles. The van der Waals surface area contributed by atoms with E-state index in [1.165, 1.54) is 17.2 Å². The summed E-state index contributed by atoms with van der Waals surface area (Å²) < 4.78 is 0. The van der Waals surface area contributed by atoms with Crippen LogP contribution in [0.1, 0.15) is 41.4 Å². The molecule has 0 unspecified atom stereocenters. The lowest BCUT2D eigenvalue weighted by molar-refractivity contribution is 0.0648. The SMILES string of the molecule is O=C(O)c1ccc(-c2ccc(C(=O)O)c(C(=O)O)c2O)cc1C(=O)O.c1ccc(-c2ccccc2)cc1. The number of aromatic hydroxyl groups is 1. The first-order valence-corrected chi connectivity index (χ1v) is 10.7. The van der Waals surface area contributed by atoms with E-state index < -0.39 is 51.9 Å². The molecule has 0 fully saturated rings. The van der Waals surface area contributed by atoms with E-state index in [1.54, 1.807) is 0 Å². The average Bonchev–Trinajstić information content (AvgIpc) is 2.89. The second-order valence-electron chi connectivity index (χ2n) is 7.60. The maximum absolute atomic E-state index is 11.3. The topological polar surface area (TPSA) is 169 Å². The van der Waals surface area contributed by atoms with Crippen LogP contribution >= 0.6 is 0 Å². The molecule has 4 aromatic carbocycles. The molecule has 0 bridgehead atoms. The van der Waals surface area contributed by atoms with Crippen LogP contribution in [0.3, 0.4) is 0 Å². The summed E-state index contributed by atoms with van der Waals surface area (Å²) in [5.74, 6) is -7.11. The summed E-state index contributed by atoms with van der Waals surface area (Å²) in [5.41, 5.74) is -0.143. The molecule has 0 amide bonds. The van der Waals surface area contributed by atoms with E-state index in [4.69, 9.17) is 20.4 Å². The maximum atomic E-state index is 11.3. The van der Waals surface area contributed by atoms with Crippen molar-refractivity contribution in [1.82, 2.24) is 0 Å². The molecule has 0 aliphatic carbocycles. The van der Waals surface area contributed by atoms with Crippen LogP contribution in [-0.2, 0) is 0 Å². The zero-order chi connectivity index (χ0) is 27.1. The number of carbonyl (C=O) groups is 4. The lowest BCUT2D eigenvalue weighted by Gasteiger charge is -2.11. The third kappa shape index (κ3) is 5.98. The molecule has 4 rings (SSSR count). The minimum Gasteiger partial charge on any atom is -0.506 e. The van der Waals surface area contributed by atoms with Crippen LogP contribution < -0.4 is 0 Å². The predicted molar refractivity (Wildman–Crippen MR) is 133 cm³/mol. The van der Waals surface area contributed by atoms with Crippen LogP contribution in [0, 0.1) is 0 Å². The first kappa shape index (κ1) is 26.2. The molecule has 0 spiro atoms. The van der Waals surface area contributed by atoms with E-state index in [0.29, 0.717) is 0 Å². The normalized spacial score (nSPS) is 10.1. The molecular weight excluding hydrogens is 480 g/mol. The minimum absolute atomic E-state index is 0.0133. The Balaban J connectivity index is 0.000000262. The van der Waals surface area contributed by atoms with Gasteiger partial charge in [-0.05, 0) is 41.0 Å². The van der Waals surface area contributed by atoms with Crippen LogP contribution in [0.4, 0.5) is 0 Å². The highest BCUT2D eigenvalue weighted by Gasteiger charge is 2.24. The molecule has 0 aliphatic heterocycles. The molecule has 4 aromatic rings. The summed E-state index contributed by atoms with van der Waals surface area (Å²) in [6, 6.07) is 26.0. The molecule has 9 nitrogen and oxygen atoms in total. The summed E-state index contributed by atoms with van der Waals surface area (Å²) in [6.45, 7) is 0. The third-order valence-corrected chi connectivity index (χ3v) is 5.29. The van der Waals surface area contributed by atoms with Gasteiger partial charge in [0.25, 0.3) is 0 Å². The highest BCUT2D eigenvalue weighted by molar-refractivity contribution is 6.06. The number of hydrogen-bond donors (Lipinski definition) is 5. The number of benzene rings is 4. The fourth-order valence-electron chi connectivity index (χ4n) is 3.56. The average molecular weight is 500 g/mol. The van der Waals surface area contributed by atoms with Crippen LogP contribution in [0.25, 0.3) is 22.3 Å². The highest BCUT2D eigenvalue weighted by Crippen LogP contribution is 2.35. The number of phenols is 1. The second kappa shape index (κ2) is 11.3. The summed E-state index contributed by atoms with van der Waals surface area (Å²) in [4.78, 5) is 44.6. The van der Waals surface area contributed by atoms with Gasteiger partial charge in [-0.25, -0.2) is 19.2 Å². The molecule has 0 aliphatic rings. The first-order chi connectivity index (χ1) is 17.6. The van der Waals surface area contributed by atoms with E-state index in [1.807, 2.05) is 12.1 Å². The van der Waals surface area contributed by atoms with Crippen LogP contribution in [0.5, 0.6) is 5.75 Å². The van der Waals surface area contributed by atoms with Crippen LogP contribution in [-0.4, -0.2) is 49.4 Å². The van der Waals surface area contributed by atoms with E-state index in [-0.39, 0.29) is 11.1 Å². The van der Waals surface area contributed by atoms with E-state index in [0.717, 1.165) is 24.3 Å². The summed E-state index contributed by atoms with van der Waals surface area (Å²) in [6.07, 6.45) is 0. The second-order valence-corrected chi connectivity index (χ2v) is 7.60. The molecule has 0 heterocycles. The van der Waals surface area contributed by atoms with Crippen LogP contribution in [0.2, 0.25) is 0 Å². The molecule has 37 heavy (non-hydrogen) atoms. The van der Waals surface area contributed by atoms with Crippen molar-refractivity contribution in [3.05, 3.63) is 113 Å². The van der Waals surface area contributed by atoms with Gasteiger partial charge in [0.15, 0.2) is 0 Å². The van der Waals surface area contributed by atoms with E-state index in [2.05, 4.69) is 48.5 Å². The van der Waals surface area contributed by atoms with Gasteiger partial charge in [-0.15, -0.1) is 0 Å². The lowest BCUT2D eigenvalue weighted by Crippen LogP contribution is -2.10. The summed E-state index contributed by atoms with van der Waals surface area (Å²) >= 11 is 0. The Kier molecular flexibility index (Phi) is 8.01. The molecule has 9 heteroatoms. The Morgan fingerprint density at radius 1 is 0.459 bits per heavy atom. The van der Waals surface area contributed by atoms with Crippen molar-refractivity contribution in [1.29, 1.82) is 0 Å². The predicted octanol–water partition coefficient (Wildman–Crippen LogP) is 5.21. The highest BCUT2D eigenvalue weighted by atomic mass is 16.4. The van der Waals surface area contributed by atoms with Gasteiger partial charge in [0.05, 0.1) is 16.7 Å². The molecule has 5 N–H and O–H groups in total. The van der Waals surface area contributed by atoms with Gasteiger partial charge >= 0.3 is 23.9 Å². The van der Waals surface area contributed by atoms with Gasteiger partial charge in [0.2, 0.25) is 0 Å². The van der Waals surface area contributed by atoms with E-state index in [9.17, 15) is 24.3 Å². The monoisotopic (exact) mass is 500 g/mol. The quantitative estimate of drug-likeness (QED) is 0.239. The number of carboxylic acid groups (broad SMARTS) is 4.